The van der Waals surface area contributed by atoms with Crippen LogP contribution in [0.3, 0.4) is 0 Å². The first-order chi connectivity index (χ1) is 10.5. The van der Waals surface area contributed by atoms with Crippen LogP contribution in [0.2, 0.25) is 0 Å². The predicted molar refractivity (Wildman–Crippen MR) is 84.4 cm³/mol. The van der Waals surface area contributed by atoms with E-state index in [1.54, 1.807) is 24.3 Å². The molecule has 0 aliphatic heterocycles. The van der Waals surface area contributed by atoms with Gasteiger partial charge in [-0.3, -0.25) is 9.59 Å². The number of benzene rings is 1. The van der Waals surface area contributed by atoms with Gasteiger partial charge in [-0.2, -0.15) is 5.26 Å². The number of hydrogen-bond acceptors (Lipinski definition) is 5. The number of nitrogen functional groups attached to an aromatic ring is 1. The second-order valence-electron chi connectivity index (χ2n) is 4.52. The number of carbonyl (C=O) groups excluding carboxylic acids is 1. The third-order valence-electron chi connectivity index (χ3n) is 2.98. The van der Waals surface area contributed by atoms with Gasteiger partial charge in [-0.05, 0) is 17.7 Å². The van der Waals surface area contributed by atoms with E-state index in [2.05, 4.69) is 11.4 Å². The quantitative estimate of drug-likeness (QED) is 0.784. The SMILES string of the molecule is N#Cc1c(-c2ccc(NC(=O)CCC(=O)O)cc2)csc1N. The molecule has 1 amide bonds. The third-order valence-corrected chi connectivity index (χ3v) is 3.79. The monoisotopic (exact) mass is 315 g/mol. The lowest BCUT2D eigenvalue weighted by Crippen LogP contribution is -2.13. The van der Waals surface area contributed by atoms with Crippen LogP contribution in [0.5, 0.6) is 0 Å². The first-order valence-electron chi connectivity index (χ1n) is 6.40. The lowest BCUT2D eigenvalue weighted by atomic mass is 10.0. The van der Waals surface area contributed by atoms with Gasteiger partial charge in [0.15, 0.2) is 0 Å². The lowest BCUT2D eigenvalue weighted by Gasteiger charge is -2.06. The Balaban J connectivity index is 2.09. The first kappa shape index (κ1) is 15.5. The Morgan fingerprint density at radius 3 is 2.55 bits per heavy atom. The van der Waals surface area contributed by atoms with Crippen LogP contribution in [0.15, 0.2) is 29.6 Å². The molecule has 2 aromatic rings. The minimum Gasteiger partial charge on any atom is -0.481 e. The van der Waals surface area contributed by atoms with Crippen molar-refractivity contribution in [1.29, 1.82) is 5.26 Å². The summed E-state index contributed by atoms with van der Waals surface area (Å²) in [6, 6.07) is 9.02. The molecule has 2 rings (SSSR count). The molecule has 0 saturated heterocycles. The Labute approximate surface area is 130 Å². The van der Waals surface area contributed by atoms with Crippen LogP contribution in [-0.4, -0.2) is 17.0 Å². The number of carbonyl (C=O) groups is 2. The van der Waals surface area contributed by atoms with Crippen molar-refractivity contribution in [2.45, 2.75) is 12.8 Å². The van der Waals surface area contributed by atoms with E-state index < -0.39 is 5.97 Å². The molecule has 112 valence electrons. The number of nitrogens with zero attached hydrogens (tertiary/aromatic N) is 1. The highest BCUT2D eigenvalue weighted by molar-refractivity contribution is 7.14. The van der Waals surface area contributed by atoms with Gasteiger partial charge < -0.3 is 16.2 Å². The van der Waals surface area contributed by atoms with Gasteiger partial charge >= 0.3 is 5.97 Å². The summed E-state index contributed by atoms with van der Waals surface area (Å²) in [7, 11) is 0. The van der Waals surface area contributed by atoms with Gasteiger partial charge in [0.1, 0.15) is 11.1 Å². The molecule has 0 aliphatic carbocycles. The van der Waals surface area contributed by atoms with Crippen LogP contribution in [-0.2, 0) is 9.59 Å². The van der Waals surface area contributed by atoms with Crippen LogP contribution in [0.25, 0.3) is 11.1 Å². The molecule has 0 unspecified atom stereocenters. The standard InChI is InChI=1S/C15H13N3O3S/c16-7-11-12(8-22-15(11)17)9-1-3-10(4-2-9)18-13(19)5-6-14(20)21/h1-4,8H,5-6,17H2,(H,18,19)(H,20,21). The van der Waals surface area contributed by atoms with Crippen LogP contribution >= 0.6 is 11.3 Å². The number of nitrogens with two attached hydrogens (primary N) is 1. The van der Waals surface area contributed by atoms with E-state index in [4.69, 9.17) is 16.1 Å². The van der Waals surface area contributed by atoms with Crippen molar-refractivity contribution in [1.82, 2.24) is 0 Å². The second-order valence-corrected chi connectivity index (χ2v) is 5.43. The number of amides is 1. The van der Waals surface area contributed by atoms with Crippen molar-refractivity contribution in [2.24, 2.45) is 0 Å². The molecule has 0 fully saturated rings. The number of hydrogen-bond donors (Lipinski definition) is 3. The van der Waals surface area contributed by atoms with Crippen LogP contribution in [0.1, 0.15) is 18.4 Å². The number of aliphatic carboxylic acids is 1. The Morgan fingerprint density at radius 1 is 1.27 bits per heavy atom. The summed E-state index contributed by atoms with van der Waals surface area (Å²) < 4.78 is 0. The van der Waals surface area contributed by atoms with E-state index in [1.165, 1.54) is 11.3 Å². The van der Waals surface area contributed by atoms with E-state index >= 15 is 0 Å². The number of carboxylic acid groups (broad SMARTS) is 1. The Kier molecular flexibility index (Phi) is 4.76. The van der Waals surface area contributed by atoms with E-state index in [0.29, 0.717) is 16.3 Å². The number of thiophene rings is 1. The normalized spacial score (nSPS) is 9.95. The van der Waals surface area contributed by atoms with E-state index in [9.17, 15) is 9.59 Å². The summed E-state index contributed by atoms with van der Waals surface area (Å²) in [5.74, 6) is -1.36. The summed E-state index contributed by atoms with van der Waals surface area (Å²) in [6.07, 6.45) is -0.277. The van der Waals surface area contributed by atoms with Crippen molar-refractivity contribution >= 4 is 33.9 Å². The highest BCUT2D eigenvalue weighted by atomic mass is 32.1. The van der Waals surface area contributed by atoms with Gasteiger partial charge in [0, 0.05) is 23.1 Å². The number of rotatable bonds is 5. The topological polar surface area (TPSA) is 116 Å². The van der Waals surface area contributed by atoms with Crippen LogP contribution < -0.4 is 11.1 Å². The molecule has 0 atom stereocenters. The fourth-order valence-electron chi connectivity index (χ4n) is 1.88. The highest BCUT2D eigenvalue weighted by Crippen LogP contribution is 2.33. The summed E-state index contributed by atoms with van der Waals surface area (Å²) in [4.78, 5) is 21.9. The predicted octanol–water partition coefficient (Wildman–Crippen LogP) is 2.67. The molecule has 1 aromatic heterocycles. The summed E-state index contributed by atoms with van der Waals surface area (Å²) >= 11 is 1.30. The average Bonchev–Trinajstić information content (AvgIpc) is 2.87. The molecular weight excluding hydrogens is 302 g/mol. The Bertz CT molecular complexity index is 744. The van der Waals surface area contributed by atoms with Gasteiger partial charge in [-0.1, -0.05) is 12.1 Å². The van der Waals surface area contributed by atoms with Gasteiger partial charge in [0.25, 0.3) is 0 Å². The van der Waals surface area contributed by atoms with Crippen molar-refractivity contribution in [3.63, 3.8) is 0 Å². The smallest absolute Gasteiger partial charge is 0.303 e. The molecule has 0 radical (unpaired) electrons. The molecule has 0 spiro atoms. The summed E-state index contributed by atoms with van der Waals surface area (Å²) in [5.41, 5.74) is 8.34. The van der Waals surface area contributed by atoms with E-state index in [1.807, 2.05) is 5.38 Å². The molecule has 1 aromatic carbocycles. The molecule has 0 aliphatic rings. The first-order valence-corrected chi connectivity index (χ1v) is 7.28. The van der Waals surface area contributed by atoms with Crippen molar-refractivity contribution in [2.75, 3.05) is 11.1 Å². The number of nitrogens with one attached hydrogen (secondary N) is 1. The van der Waals surface area contributed by atoms with Gasteiger partial charge in [-0.25, -0.2) is 0 Å². The van der Waals surface area contributed by atoms with Crippen LogP contribution in [0, 0.1) is 11.3 Å². The number of nitriles is 1. The highest BCUT2D eigenvalue weighted by Gasteiger charge is 2.11. The number of carboxylic acids is 1. The minimum atomic E-state index is -1.01. The maximum atomic E-state index is 11.5. The molecular formula is C15H13N3O3S. The zero-order chi connectivity index (χ0) is 16.1. The zero-order valence-electron chi connectivity index (χ0n) is 11.5. The molecule has 22 heavy (non-hydrogen) atoms. The van der Waals surface area contributed by atoms with Gasteiger partial charge in [0.2, 0.25) is 5.91 Å². The Morgan fingerprint density at radius 2 is 1.95 bits per heavy atom. The average molecular weight is 315 g/mol. The fraction of sp³-hybridized carbons (Fsp3) is 0.133. The minimum absolute atomic E-state index is 0.0727. The molecule has 1 heterocycles. The van der Waals surface area contributed by atoms with E-state index in [-0.39, 0.29) is 18.7 Å². The second kappa shape index (κ2) is 6.74. The largest absolute Gasteiger partial charge is 0.481 e. The third kappa shape index (κ3) is 3.62. The summed E-state index contributed by atoms with van der Waals surface area (Å²) in [6.45, 7) is 0. The molecule has 7 heteroatoms. The molecule has 0 bridgehead atoms. The maximum absolute atomic E-state index is 11.5. The molecule has 6 nitrogen and oxygen atoms in total. The van der Waals surface area contributed by atoms with Crippen molar-refractivity contribution in [3.8, 4) is 17.2 Å². The molecule has 0 saturated carbocycles. The molecule has 4 N–H and O–H groups in total. The van der Waals surface area contributed by atoms with Gasteiger partial charge in [-0.15, -0.1) is 11.3 Å². The lowest BCUT2D eigenvalue weighted by molar-refractivity contribution is -0.138. The number of anilines is 2. The fourth-order valence-corrected chi connectivity index (χ4v) is 2.65. The zero-order valence-corrected chi connectivity index (χ0v) is 12.3. The summed E-state index contributed by atoms with van der Waals surface area (Å²) in [5, 5.41) is 22.5. The van der Waals surface area contributed by atoms with Crippen LogP contribution in [0.4, 0.5) is 10.7 Å². The van der Waals surface area contributed by atoms with Crippen molar-refractivity contribution < 1.29 is 14.7 Å². The van der Waals surface area contributed by atoms with Gasteiger partial charge in [0.05, 0.1) is 12.0 Å². The van der Waals surface area contributed by atoms with Crippen molar-refractivity contribution in [3.05, 3.63) is 35.2 Å². The Hall–Kier alpha value is -2.85. The maximum Gasteiger partial charge on any atom is 0.303 e. The van der Waals surface area contributed by atoms with E-state index in [0.717, 1.165) is 11.1 Å².